The molecule has 1 fully saturated rings. The lowest BCUT2D eigenvalue weighted by atomic mass is 10.1. The highest BCUT2D eigenvalue weighted by atomic mass is 16.5. The van der Waals surface area contributed by atoms with Crippen LogP contribution in [0.5, 0.6) is 5.75 Å². The molecule has 0 spiro atoms. The third-order valence-corrected chi connectivity index (χ3v) is 4.77. The Morgan fingerprint density at radius 2 is 2.11 bits per heavy atom. The van der Waals surface area contributed by atoms with Crippen molar-refractivity contribution in [3.8, 4) is 5.75 Å². The van der Waals surface area contributed by atoms with E-state index in [0.29, 0.717) is 24.4 Å². The summed E-state index contributed by atoms with van der Waals surface area (Å²) in [6.45, 7) is 1.19. The number of nitrogens with two attached hydrogens (primary N) is 1. The molecular formula is C20H20N4O3. The Labute approximate surface area is 156 Å². The monoisotopic (exact) mass is 364 g/mol. The Balaban J connectivity index is 1.49. The number of amides is 2. The zero-order valence-corrected chi connectivity index (χ0v) is 14.7. The molecule has 138 valence electrons. The second-order valence-corrected chi connectivity index (χ2v) is 6.62. The number of para-hydroxylation sites is 1. The maximum atomic E-state index is 13.0. The van der Waals surface area contributed by atoms with Gasteiger partial charge in [0, 0.05) is 35.9 Å². The minimum atomic E-state index is -0.597. The second kappa shape index (κ2) is 7.11. The van der Waals surface area contributed by atoms with Gasteiger partial charge < -0.3 is 20.4 Å². The van der Waals surface area contributed by atoms with Crippen LogP contribution in [0.2, 0.25) is 0 Å². The van der Waals surface area contributed by atoms with Crippen molar-refractivity contribution in [2.75, 3.05) is 13.1 Å². The van der Waals surface area contributed by atoms with E-state index in [9.17, 15) is 9.59 Å². The first-order valence-electron chi connectivity index (χ1n) is 8.90. The van der Waals surface area contributed by atoms with Crippen LogP contribution in [0.3, 0.4) is 0 Å². The predicted octanol–water partition coefficient (Wildman–Crippen LogP) is 2.35. The lowest BCUT2D eigenvalue weighted by Gasteiger charge is -2.33. The third-order valence-electron chi connectivity index (χ3n) is 4.77. The number of pyridine rings is 1. The molecule has 1 aromatic carbocycles. The predicted molar refractivity (Wildman–Crippen MR) is 101 cm³/mol. The molecule has 0 aliphatic carbocycles. The average molecular weight is 364 g/mol. The van der Waals surface area contributed by atoms with Crippen molar-refractivity contribution in [1.82, 2.24) is 14.9 Å². The molecule has 1 unspecified atom stereocenters. The quantitative estimate of drug-likeness (QED) is 0.742. The van der Waals surface area contributed by atoms with Crippen LogP contribution in [0.4, 0.5) is 0 Å². The first-order chi connectivity index (χ1) is 13.1. The molecule has 4 rings (SSSR count). The normalized spacial score (nSPS) is 17.0. The number of likely N-dealkylation sites (tertiary alicyclic amines) is 1. The summed E-state index contributed by atoms with van der Waals surface area (Å²) in [5, 5.41) is 0.922. The van der Waals surface area contributed by atoms with Gasteiger partial charge in [-0.3, -0.25) is 14.6 Å². The van der Waals surface area contributed by atoms with Gasteiger partial charge in [0.25, 0.3) is 11.8 Å². The zero-order chi connectivity index (χ0) is 18.8. The van der Waals surface area contributed by atoms with Gasteiger partial charge in [0.2, 0.25) is 0 Å². The van der Waals surface area contributed by atoms with Crippen LogP contribution < -0.4 is 10.5 Å². The fraction of sp³-hybridized carbons (Fsp3) is 0.250. The van der Waals surface area contributed by atoms with Crippen molar-refractivity contribution < 1.29 is 14.3 Å². The molecule has 7 nitrogen and oxygen atoms in total. The number of carbonyl (C=O) groups is 2. The van der Waals surface area contributed by atoms with Gasteiger partial charge in [0.1, 0.15) is 17.5 Å². The number of benzene rings is 1. The molecule has 27 heavy (non-hydrogen) atoms. The molecule has 2 aromatic heterocycles. The molecule has 3 N–H and O–H groups in total. The second-order valence-electron chi connectivity index (χ2n) is 6.62. The molecule has 1 aliphatic rings. The summed E-state index contributed by atoms with van der Waals surface area (Å²) in [7, 11) is 0. The van der Waals surface area contributed by atoms with Gasteiger partial charge in [-0.15, -0.1) is 0 Å². The SMILES string of the molecule is NC(=O)c1cc(OC2CCCN(C(=O)c3c[nH]c4ccccc34)C2)ccn1. The summed E-state index contributed by atoms with van der Waals surface area (Å²) in [6, 6.07) is 11.0. The topological polar surface area (TPSA) is 101 Å². The molecule has 3 heterocycles. The Kier molecular flexibility index (Phi) is 4.50. The zero-order valence-electron chi connectivity index (χ0n) is 14.7. The highest BCUT2D eigenvalue weighted by Crippen LogP contribution is 2.23. The molecule has 3 aromatic rings. The maximum absolute atomic E-state index is 13.0. The smallest absolute Gasteiger partial charge is 0.267 e. The number of H-pyrrole nitrogens is 1. The van der Waals surface area contributed by atoms with E-state index >= 15 is 0 Å². The Hall–Kier alpha value is -3.35. The minimum absolute atomic E-state index is 0.00620. The van der Waals surface area contributed by atoms with Crippen molar-refractivity contribution in [2.45, 2.75) is 18.9 Å². The molecule has 7 heteroatoms. The number of piperidine rings is 1. The highest BCUT2D eigenvalue weighted by Gasteiger charge is 2.27. The minimum Gasteiger partial charge on any atom is -0.488 e. The molecule has 1 atom stereocenters. The molecule has 2 amide bonds. The van der Waals surface area contributed by atoms with Crippen LogP contribution in [-0.2, 0) is 0 Å². The first kappa shape index (κ1) is 17.1. The van der Waals surface area contributed by atoms with E-state index in [2.05, 4.69) is 9.97 Å². The van der Waals surface area contributed by atoms with E-state index in [1.165, 1.54) is 12.3 Å². The van der Waals surface area contributed by atoms with E-state index in [1.54, 1.807) is 12.3 Å². The first-order valence-corrected chi connectivity index (χ1v) is 8.90. The van der Waals surface area contributed by atoms with E-state index in [1.807, 2.05) is 29.2 Å². The number of aromatic amines is 1. The van der Waals surface area contributed by atoms with Crippen LogP contribution in [0.15, 0.2) is 48.8 Å². The van der Waals surface area contributed by atoms with Crippen molar-refractivity contribution in [3.05, 3.63) is 60.0 Å². The average Bonchev–Trinajstić information content (AvgIpc) is 3.12. The molecule has 1 aliphatic heterocycles. The number of fused-ring (bicyclic) bond motifs is 1. The largest absolute Gasteiger partial charge is 0.488 e. The van der Waals surface area contributed by atoms with Gasteiger partial charge in [0.05, 0.1) is 12.1 Å². The highest BCUT2D eigenvalue weighted by molar-refractivity contribution is 6.06. The number of nitrogens with one attached hydrogen (secondary N) is 1. The van der Waals surface area contributed by atoms with Crippen molar-refractivity contribution in [1.29, 1.82) is 0 Å². The molecule has 1 saturated heterocycles. The van der Waals surface area contributed by atoms with Crippen LogP contribution in [0.1, 0.15) is 33.7 Å². The number of rotatable bonds is 4. The Morgan fingerprint density at radius 3 is 2.96 bits per heavy atom. The summed E-state index contributed by atoms with van der Waals surface area (Å²) in [4.78, 5) is 33.2. The van der Waals surface area contributed by atoms with Gasteiger partial charge in [0.15, 0.2) is 0 Å². The summed E-state index contributed by atoms with van der Waals surface area (Å²) < 4.78 is 5.98. The van der Waals surface area contributed by atoms with Gasteiger partial charge in [-0.2, -0.15) is 0 Å². The summed E-state index contributed by atoms with van der Waals surface area (Å²) in [6.07, 6.45) is 4.81. The van der Waals surface area contributed by atoms with Crippen LogP contribution >= 0.6 is 0 Å². The molecule has 0 radical (unpaired) electrons. The van der Waals surface area contributed by atoms with Crippen LogP contribution in [-0.4, -0.2) is 45.9 Å². The van der Waals surface area contributed by atoms with Gasteiger partial charge in [-0.25, -0.2) is 0 Å². The molecule has 0 saturated carbocycles. The van der Waals surface area contributed by atoms with Gasteiger partial charge >= 0.3 is 0 Å². The summed E-state index contributed by atoms with van der Waals surface area (Å²) >= 11 is 0. The fourth-order valence-corrected chi connectivity index (χ4v) is 3.45. The number of primary amides is 1. The molecule has 0 bridgehead atoms. The van der Waals surface area contributed by atoms with E-state index in [4.69, 9.17) is 10.5 Å². The number of nitrogens with zero attached hydrogens (tertiary/aromatic N) is 2. The summed E-state index contributed by atoms with van der Waals surface area (Å²) in [5.41, 5.74) is 7.04. The fourth-order valence-electron chi connectivity index (χ4n) is 3.45. The molecular weight excluding hydrogens is 344 g/mol. The standard InChI is InChI=1S/C20H20N4O3/c21-19(25)18-10-13(7-8-22-18)27-14-4-3-9-24(12-14)20(26)16-11-23-17-6-2-1-5-15(16)17/h1-2,5-8,10-11,14,23H,3-4,9,12H2,(H2,21,25). The Morgan fingerprint density at radius 1 is 1.26 bits per heavy atom. The van der Waals surface area contributed by atoms with Gasteiger partial charge in [-0.05, 0) is 25.0 Å². The number of aromatic nitrogens is 2. The lowest BCUT2D eigenvalue weighted by molar-refractivity contribution is 0.0539. The van der Waals surface area contributed by atoms with Crippen molar-refractivity contribution >= 4 is 22.7 Å². The summed E-state index contributed by atoms with van der Waals surface area (Å²) in [5.74, 6) is -0.0706. The lowest BCUT2D eigenvalue weighted by Crippen LogP contribution is -2.44. The maximum Gasteiger partial charge on any atom is 0.267 e. The Bertz CT molecular complexity index is 998. The van der Waals surface area contributed by atoms with Crippen molar-refractivity contribution in [3.63, 3.8) is 0 Å². The van der Waals surface area contributed by atoms with Crippen LogP contribution in [0, 0.1) is 0 Å². The van der Waals surface area contributed by atoms with Gasteiger partial charge in [-0.1, -0.05) is 18.2 Å². The number of hydrogen-bond donors (Lipinski definition) is 2. The number of carbonyl (C=O) groups excluding carboxylic acids is 2. The third kappa shape index (κ3) is 3.48. The van der Waals surface area contributed by atoms with Crippen LogP contribution in [0.25, 0.3) is 10.9 Å². The van der Waals surface area contributed by atoms with E-state index < -0.39 is 5.91 Å². The van der Waals surface area contributed by atoms with E-state index in [-0.39, 0.29) is 17.7 Å². The van der Waals surface area contributed by atoms with E-state index in [0.717, 1.165) is 23.7 Å². The number of hydrogen-bond acceptors (Lipinski definition) is 4. The number of ether oxygens (including phenoxy) is 1. The van der Waals surface area contributed by atoms with Crippen molar-refractivity contribution in [2.24, 2.45) is 5.73 Å².